The first-order valence-electron chi connectivity index (χ1n) is 6.62. The molecule has 0 aliphatic heterocycles. The van der Waals surface area contributed by atoms with Crippen LogP contribution in [0.25, 0.3) is 10.9 Å². The predicted octanol–water partition coefficient (Wildman–Crippen LogP) is 4.10. The largest absolute Gasteiger partial charge is 0.466 e. The van der Waals surface area contributed by atoms with Crippen LogP contribution in [-0.4, -0.2) is 17.6 Å². The summed E-state index contributed by atoms with van der Waals surface area (Å²) < 4.78 is 5.14. The van der Waals surface area contributed by atoms with Crippen LogP contribution >= 0.6 is 11.6 Å². The Morgan fingerprint density at radius 1 is 1.42 bits per heavy atom. The Hall–Kier alpha value is -1.48. The Morgan fingerprint density at radius 3 is 3.05 bits per heavy atom. The standard InChI is InChI=1S/C15H18ClNO2/c1-2-4-15(18)19-8-3-5-11-10-17-14-7-6-12(16)9-13(11)14/h6-7,9-10,17H,2-5,8H2,1H3. The number of aromatic amines is 1. The zero-order chi connectivity index (χ0) is 13.7. The van der Waals surface area contributed by atoms with Gasteiger partial charge in [-0.15, -0.1) is 0 Å². The summed E-state index contributed by atoms with van der Waals surface area (Å²) in [7, 11) is 0. The number of H-pyrrole nitrogens is 1. The van der Waals surface area contributed by atoms with Crippen molar-refractivity contribution in [1.29, 1.82) is 0 Å². The topological polar surface area (TPSA) is 42.1 Å². The summed E-state index contributed by atoms with van der Waals surface area (Å²) in [5, 5.41) is 1.88. The van der Waals surface area contributed by atoms with Crippen LogP contribution in [0.4, 0.5) is 0 Å². The first-order chi connectivity index (χ1) is 9.20. The fourth-order valence-electron chi connectivity index (χ4n) is 2.08. The quantitative estimate of drug-likeness (QED) is 0.639. The van der Waals surface area contributed by atoms with Crippen LogP contribution in [0.2, 0.25) is 5.02 Å². The molecule has 0 saturated carbocycles. The molecule has 2 aromatic rings. The van der Waals surface area contributed by atoms with E-state index in [4.69, 9.17) is 16.3 Å². The third-order valence-corrected chi connectivity index (χ3v) is 3.27. The molecule has 1 heterocycles. The highest BCUT2D eigenvalue weighted by Gasteiger charge is 2.05. The fourth-order valence-corrected chi connectivity index (χ4v) is 2.25. The van der Waals surface area contributed by atoms with Crippen LogP contribution in [-0.2, 0) is 16.0 Å². The van der Waals surface area contributed by atoms with Gasteiger partial charge in [0.05, 0.1) is 6.61 Å². The number of aryl methyl sites for hydroxylation is 1. The molecule has 19 heavy (non-hydrogen) atoms. The van der Waals surface area contributed by atoms with Gasteiger partial charge in [-0.2, -0.15) is 0 Å². The number of halogens is 1. The molecule has 1 aromatic carbocycles. The van der Waals surface area contributed by atoms with E-state index in [0.29, 0.717) is 13.0 Å². The molecule has 0 fully saturated rings. The molecule has 3 nitrogen and oxygen atoms in total. The fraction of sp³-hybridized carbons (Fsp3) is 0.400. The molecule has 0 amide bonds. The zero-order valence-electron chi connectivity index (χ0n) is 11.0. The number of fused-ring (bicyclic) bond motifs is 1. The summed E-state index contributed by atoms with van der Waals surface area (Å²) in [6, 6.07) is 5.81. The summed E-state index contributed by atoms with van der Waals surface area (Å²) in [6.45, 7) is 2.45. The molecule has 0 bridgehead atoms. The molecule has 0 aliphatic rings. The molecular formula is C15H18ClNO2. The Morgan fingerprint density at radius 2 is 2.26 bits per heavy atom. The van der Waals surface area contributed by atoms with Crippen molar-refractivity contribution in [3.8, 4) is 0 Å². The van der Waals surface area contributed by atoms with Gasteiger partial charge in [-0.3, -0.25) is 4.79 Å². The van der Waals surface area contributed by atoms with E-state index in [2.05, 4.69) is 4.98 Å². The molecule has 1 N–H and O–H groups in total. The molecule has 0 saturated heterocycles. The predicted molar refractivity (Wildman–Crippen MR) is 77.5 cm³/mol. The molecule has 0 spiro atoms. The summed E-state index contributed by atoms with van der Waals surface area (Å²) in [6.07, 6.45) is 5.03. The van der Waals surface area contributed by atoms with Crippen molar-refractivity contribution in [3.05, 3.63) is 35.0 Å². The Labute approximate surface area is 117 Å². The molecular weight excluding hydrogens is 262 g/mol. The second kappa shape index (κ2) is 6.62. The van der Waals surface area contributed by atoms with E-state index in [9.17, 15) is 4.79 Å². The SMILES string of the molecule is CCCC(=O)OCCCc1c[nH]c2ccc(Cl)cc12. The molecule has 0 aliphatic carbocycles. The van der Waals surface area contributed by atoms with E-state index in [1.807, 2.05) is 31.3 Å². The first kappa shape index (κ1) is 13.9. The van der Waals surface area contributed by atoms with Crippen molar-refractivity contribution >= 4 is 28.5 Å². The molecule has 2 rings (SSSR count). The molecule has 102 valence electrons. The lowest BCUT2D eigenvalue weighted by molar-refractivity contribution is -0.143. The van der Waals surface area contributed by atoms with Gasteiger partial charge in [-0.05, 0) is 43.0 Å². The number of ether oxygens (including phenoxy) is 1. The van der Waals surface area contributed by atoms with Gasteiger partial charge in [-0.1, -0.05) is 18.5 Å². The third-order valence-electron chi connectivity index (χ3n) is 3.04. The van der Waals surface area contributed by atoms with Crippen molar-refractivity contribution in [2.24, 2.45) is 0 Å². The van der Waals surface area contributed by atoms with Crippen LogP contribution in [0.5, 0.6) is 0 Å². The maximum Gasteiger partial charge on any atom is 0.305 e. The van der Waals surface area contributed by atoms with E-state index in [0.717, 1.165) is 35.2 Å². The average molecular weight is 280 g/mol. The van der Waals surface area contributed by atoms with Crippen molar-refractivity contribution in [2.75, 3.05) is 6.61 Å². The van der Waals surface area contributed by atoms with Crippen LogP contribution in [0, 0.1) is 0 Å². The Bertz CT molecular complexity index is 562. The normalized spacial score (nSPS) is 10.8. The van der Waals surface area contributed by atoms with E-state index in [1.165, 1.54) is 5.56 Å². The van der Waals surface area contributed by atoms with Gasteiger partial charge in [0.15, 0.2) is 0 Å². The van der Waals surface area contributed by atoms with E-state index in [-0.39, 0.29) is 5.97 Å². The Balaban J connectivity index is 1.88. The van der Waals surface area contributed by atoms with Gasteiger partial charge in [0.1, 0.15) is 0 Å². The minimum atomic E-state index is -0.107. The summed E-state index contributed by atoms with van der Waals surface area (Å²) in [5.41, 5.74) is 2.30. The van der Waals surface area contributed by atoms with Crippen molar-refractivity contribution in [1.82, 2.24) is 4.98 Å². The van der Waals surface area contributed by atoms with E-state index < -0.39 is 0 Å². The van der Waals surface area contributed by atoms with Gasteiger partial charge in [0.2, 0.25) is 0 Å². The highest BCUT2D eigenvalue weighted by atomic mass is 35.5. The van der Waals surface area contributed by atoms with Gasteiger partial charge in [0.25, 0.3) is 0 Å². The number of nitrogens with one attached hydrogen (secondary N) is 1. The van der Waals surface area contributed by atoms with Gasteiger partial charge in [-0.25, -0.2) is 0 Å². The highest BCUT2D eigenvalue weighted by molar-refractivity contribution is 6.31. The molecule has 1 aromatic heterocycles. The summed E-state index contributed by atoms with van der Waals surface area (Å²) >= 11 is 6.00. The zero-order valence-corrected chi connectivity index (χ0v) is 11.8. The van der Waals surface area contributed by atoms with Crippen LogP contribution in [0.15, 0.2) is 24.4 Å². The summed E-state index contributed by atoms with van der Waals surface area (Å²) in [4.78, 5) is 14.4. The van der Waals surface area contributed by atoms with Crippen molar-refractivity contribution in [3.63, 3.8) is 0 Å². The maximum atomic E-state index is 11.2. The molecule has 4 heteroatoms. The van der Waals surface area contributed by atoms with Crippen LogP contribution in [0.1, 0.15) is 31.7 Å². The second-order valence-electron chi connectivity index (χ2n) is 4.58. The number of benzene rings is 1. The monoisotopic (exact) mass is 279 g/mol. The van der Waals surface area contributed by atoms with Gasteiger partial charge >= 0.3 is 5.97 Å². The third kappa shape index (κ3) is 3.74. The van der Waals surface area contributed by atoms with Crippen molar-refractivity contribution < 1.29 is 9.53 Å². The Kier molecular flexibility index (Phi) is 4.86. The lowest BCUT2D eigenvalue weighted by Gasteiger charge is -2.03. The number of carbonyl (C=O) groups excluding carboxylic acids is 1. The van der Waals surface area contributed by atoms with Crippen LogP contribution in [0.3, 0.4) is 0 Å². The van der Waals surface area contributed by atoms with Crippen LogP contribution < -0.4 is 0 Å². The molecule has 0 radical (unpaired) electrons. The van der Waals surface area contributed by atoms with E-state index >= 15 is 0 Å². The smallest absolute Gasteiger partial charge is 0.305 e. The number of rotatable bonds is 6. The maximum absolute atomic E-state index is 11.2. The summed E-state index contributed by atoms with van der Waals surface area (Å²) in [5.74, 6) is -0.107. The number of carbonyl (C=O) groups is 1. The van der Waals surface area contributed by atoms with Gasteiger partial charge in [0, 0.05) is 28.5 Å². The van der Waals surface area contributed by atoms with E-state index in [1.54, 1.807) is 0 Å². The minimum absolute atomic E-state index is 0.107. The lowest BCUT2D eigenvalue weighted by Crippen LogP contribution is -2.05. The first-order valence-corrected chi connectivity index (χ1v) is 6.99. The second-order valence-corrected chi connectivity index (χ2v) is 5.01. The number of esters is 1. The number of hydrogen-bond donors (Lipinski definition) is 1. The number of hydrogen-bond acceptors (Lipinski definition) is 2. The molecule has 0 atom stereocenters. The lowest BCUT2D eigenvalue weighted by atomic mass is 10.1. The average Bonchev–Trinajstić information content (AvgIpc) is 2.77. The minimum Gasteiger partial charge on any atom is -0.466 e. The number of aromatic nitrogens is 1. The molecule has 0 unspecified atom stereocenters. The van der Waals surface area contributed by atoms with Gasteiger partial charge < -0.3 is 9.72 Å². The van der Waals surface area contributed by atoms with Crippen molar-refractivity contribution in [2.45, 2.75) is 32.6 Å². The highest BCUT2D eigenvalue weighted by Crippen LogP contribution is 2.23.